The van der Waals surface area contributed by atoms with Crippen molar-refractivity contribution in [2.75, 3.05) is 13.7 Å². The molecule has 1 aliphatic heterocycles. The van der Waals surface area contributed by atoms with Gasteiger partial charge in [-0.1, -0.05) is 6.07 Å². The number of hydrogen-bond acceptors (Lipinski definition) is 5. The maximum atomic E-state index is 5.07. The van der Waals surface area contributed by atoms with Crippen LogP contribution < -0.4 is 0 Å². The molecule has 1 fully saturated rings. The van der Waals surface area contributed by atoms with Gasteiger partial charge in [-0.25, -0.2) is 15.0 Å². The lowest BCUT2D eigenvalue weighted by Crippen LogP contribution is -2.23. The predicted molar refractivity (Wildman–Crippen MR) is 96.0 cm³/mol. The molecule has 1 saturated heterocycles. The highest BCUT2D eigenvalue weighted by Gasteiger charge is 2.28. The van der Waals surface area contributed by atoms with Crippen LogP contribution in [0.5, 0.6) is 0 Å². The Balaban J connectivity index is 1.53. The number of aromatic nitrogens is 4. The summed E-state index contributed by atoms with van der Waals surface area (Å²) in [6.45, 7) is 4.47. The van der Waals surface area contributed by atoms with E-state index in [1.54, 1.807) is 7.11 Å². The van der Waals surface area contributed by atoms with Gasteiger partial charge in [0, 0.05) is 31.6 Å². The van der Waals surface area contributed by atoms with E-state index in [2.05, 4.69) is 45.0 Å². The summed E-state index contributed by atoms with van der Waals surface area (Å²) >= 11 is 0. The van der Waals surface area contributed by atoms with Crippen LogP contribution >= 0.6 is 0 Å². The number of rotatable bonds is 5. The molecule has 4 rings (SSSR count). The number of nitrogens with one attached hydrogen (secondary N) is 1. The molecule has 6 nitrogen and oxygen atoms in total. The quantitative estimate of drug-likeness (QED) is 0.775. The summed E-state index contributed by atoms with van der Waals surface area (Å²) < 4.78 is 5.07. The summed E-state index contributed by atoms with van der Waals surface area (Å²) in [5.41, 5.74) is 4.53. The van der Waals surface area contributed by atoms with Crippen molar-refractivity contribution < 1.29 is 4.74 Å². The van der Waals surface area contributed by atoms with Crippen molar-refractivity contribution in [3.05, 3.63) is 53.4 Å². The van der Waals surface area contributed by atoms with E-state index >= 15 is 0 Å². The Kier molecular flexibility index (Phi) is 4.46. The highest BCUT2D eigenvalue weighted by atomic mass is 16.5. The van der Waals surface area contributed by atoms with E-state index in [9.17, 15) is 0 Å². The minimum atomic E-state index is 0.325. The number of aromatic amines is 1. The Morgan fingerprint density at radius 3 is 2.92 bits per heavy atom. The normalized spacial score (nSPS) is 18.2. The van der Waals surface area contributed by atoms with Gasteiger partial charge in [0.15, 0.2) is 5.82 Å². The van der Waals surface area contributed by atoms with Crippen LogP contribution in [0.3, 0.4) is 0 Å². The molecule has 6 heteroatoms. The van der Waals surface area contributed by atoms with Gasteiger partial charge in [0.2, 0.25) is 0 Å². The molecule has 0 radical (unpaired) electrons. The second kappa shape index (κ2) is 6.90. The summed E-state index contributed by atoms with van der Waals surface area (Å²) in [4.78, 5) is 19.5. The van der Waals surface area contributed by atoms with Gasteiger partial charge < -0.3 is 9.72 Å². The number of likely N-dealkylation sites (tertiary alicyclic amines) is 1. The lowest BCUT2D eigenvalue weighted by atomic mass is 10.2. The maximum Gasteiger partial charge on any atom is 0.153 e. The minimum Gasteiger partial charge on any atom is -0.377 e. The average Bonchev–Trinajstić information content (AvgIpc) is 3.22. The van der Waals surface area contributed by atoms with Crippen LogP contribution in [0.4, 0.5) is 0 Å². The third-order valence-corrected chi connectivity index (χ3v) is 4.75. The first-order valence-corrected chi connectivity index (χ1v) is 8.72. The van der Waals surface area contributed by atoms with Crippen LogP contribution in [0.15, 0.2) is 30.6 Å². The maximum absolute atomic E-state index is 5.07. The van der Waals surface area contributed by atoms with E-state index in [0.717, 1.165) is 47.8 Å². The summed E-state index contributed by atoms with van der Waals surface area (Å²) in [5, 5.41) is 0. The molecule has 0 bridgehead atoms. The highest BCUT2D eigenvalue weighted by molar-refractivity contribution is 5.75. The largest absolute Gasteiger partial charge is 0.377 e. The van der Waals surface area contributed by atoms with E-state index < -0.39 is 0 Å². The molecule has 1 atom stereocenters. The molecule has 1 aliphatic rings. The van der Waals surface area contributed by atoms with Gasteiger partial charge in [-0.3, -0.25) is 4.90 Å². The monoisotopic (exact) mass is 337 g/mol. The highest BCUT2D eigenvalue weighted by Crippen LogP contribution is 2.32. The first-order valence-electron chi connectivity index (χ1n) is 8.72. The molecule has 0 spiro atoms. The van der Waals surface area contributed by atoms with Crippen LogP contribution in [-0.4, -0.2) is 38.5 Å². The van der Waals surface area contributed by atoms with Crippen molar-refractivity contribution in [1.29, 1.82) is 0 Å². The fourth-order valence-electron chi connectivity index (χ4n) is 3.53. The fourth-order valence-corrected chi connectivity index (χ4v) is 3.53. The van der Waals surface area contributed by atoms with Crippen molar-refractivity contribution in [1.82, 2.24) is 24.8 Å². The van der Waals surface area contributed by atoms with Crippen LogP contribution in [0, 0.1) is 6.92 Å². The zero-order chi connectivity index (χ0) is 17.2. The van der Waals surface area contributed by atoms with Crippen molar-refractivity contribution in [2.45, 2.75) is 39.0 Å². The molecule has 1 unspecified atom stereocenters. The third kappa shape index (κ3) is 3.41. The van der Waals surface area contributed by atoms with Gasteiger partial charge in [0.25, 0.3) is 0 Å². The predicted octanol–water partition coefficient (Wildman–Crippen LogP) is 3.14. The number of benzene rings is 1. The number of aryl methyl sites for hydroxylation is 1. The molecule has 130 valence electrons. The minimum absolute atomic E-state index is 0.325. The van der Waals surface area contributed by atoms with Crippen molar-refractivity contribution in [2.24, 2.45) is 0 Å². The third-order valence-electron chi connectivity index (χ3n) is 4.75. The molecule has 0 amide bonds. The molecule has 1 aromatic carbocycles. The van der Waals surface area contributed by atoms with Gasteiger partial charge in [0.05, 0.1) is 17.1 Å². The standard InChI is InChI=1S/C19H23N5O/c1-13-5-6-15-16(8-13)23-19(22-15)17-4-3-7-24(17)11-14-9-20-18(12-25-2)21-10-14/h5-6,8-10,17H,3-4,7,11-12H2,1-2H3,(H,22,23). The number of imidazole rings is 1. The first-order chi connectivity index (χ1) is 12.2. The molecule has 0 aliphatic carbocycles. The zero-order valence-electron chi connectivity index (χ0n) is 14.7. The SMILES string of the molecule is COCc1ncc(CN2CCCC2c2nc3ccc(C)cc3[nH]2)cn1. The lowest BCUT2D eigenvalue weighted by molar-refractivity contribution is 0.177. The molecule has 0 saturated carbocycles. The Hall–Kier alpha value is -2.31. The Labute approximate surface area is 147 Å². The molecule has 3 aromatic rings. The van der Waals surface area contributed by atoms with Gasteiger partial charge in [-0.2, -0.15) is 0 Å². The van der Waals surface area contributed by atoms with Crippen molar-refractivity contribution in [3.63, 3.8) is 0 Å². The molecular formula is C19H23N5O. The summed E-state index contributed by atoms with van der Waals surface area (Å²) in [6, 6.07) is 6.68. The fraction of sp³-hybridized carbons (Fsp3) is 0.421. The molecule has 3 heterocycles. The number of fused-ring (bicyclic) bond motifs is 1. The van der Waals surface area contributed by atoms with Gasteiger partial charge in [0.1, 0.15) is 12.4 Å². The average molecular weight is 337 g/mol. The van der Waals surface area contributed by atoms with E-state index in [-0.39, 0.29) is 0 Å². The van der Waals surface area contributed by atoms with Crippen LogP contribution in [0.1, 0.15) is 41.7 Å². The van der Waals surface area contributed by atoms with Crippen molar-refractivity contribution >= 4 is 11.0 Å². The van der Waals surface area contributed by atoms with Crippen molar-refractivity contribution in [3.8, 4) is 0 Å². The van der Waals surface area contributed by atoms with E-state index in [1.165, 1.54) is 12.0 Å². The Bertz CT molecular complexity index is 858. The Morgan fingerprint density at radius 1 is 1.28 bits per heavy atom. The first kappa shape index (κ1) is 16.2. The van der Waals surface area contributed by atoms with Gasteiger partial charge in [-0.05, 0) is 44.0 Å². The number of nitrogens with zero attached hydrogens (tertiary/aromatic N) is 4. The van der Waals surface area contributed by atoms with Gasteiger partial charge >= 0.3 is 0 Å². The number of ether oxygens (including phenoxy) is 1. The topological polar surface area (TPSA) is 66.9 Å². The van der Waals surface area contributed by atoms with Crippen LogP contribution in [0.2, 0.25) is 0 Å². The second-order valence-electron chi connectivity index (χ2n) is 6.71. The number of methoxy groups -OCH3 is 1. The summed E-state index contributed by atoms with van der Waals surface area (Å²) in [7, 11) is 1.65. The Morgan fingerprint density at radius 2 is 2.12 bits per heavy atom. The smallest absolute Gasteiger partial charge is 0.153 e. The lowest BCUT2D eigenvalue weighted by Gasteiger charge is -2.22. The van der Waals surface area contributed by atoms with E-state index in [0.29, 0.717) is 12.6 Å². The molecule has 2 aromatic heterocycles. The second-order valence-corrected chi connectivity index (χ2v) is 6.71. The molecule has 1 N–H and O–H groups in total. The van der Waals surface area contributed by atoms with Crippen LogP contribution in [-0.2, 0) is 17.9 Å². The molecule has 25 heavy (non-hydrogen) atoms. The van der Waals surface area contributed by atoms with Gasteiger partial charge in [-0.15, -0.1) is 0 Å². The summed E-state index contributed by atoms with van der Waals surface area (Å²) in [5.74, 6) is 1.78. The number of H-pyrrole nitrogens is 1. The zero-order valence-corrected chi connectivity index (χ0v) is 14.7. The number of hydrogen-bond donors (Lipinski definition) is 1. The molecular weight excluding hydrogens is 314 g/mol. The summed E-state index contributed by atoms with van der Waals surface area (Å²) in [6.07, 6.45) is 6.11. The van der Waals surface area contributed by atoms with E-state index in [4.69, 9.17) is 9.72 Å². The van der Waals surface area contributed by atoms with Crippen LogP contribution in [0.25, 0.3) is 11.0 Å². The van der Waals surface area contributed by atoms with E-state index in [1.807, 2.05) is 12.4 Å².